The molecule has 2 aromatic carbocycles. The zero-order chi connectivity index (χ0) is 19.0. The molecule has 0 saturated heterocycles. The zero-order valence-electron chi connectivity index (χ0n) is 15.1. The van der Waals surface area contributed by atoms with Crippen LogP contribution in [0.15, 0.2) is 60.7 Å². The third-order valence-electron chi connectivity index (χ3n) is 3.91. The summed E-state index contributed by atoms with van der Waals surface area (Å²) in [5.74, 6) is -1.73. The minimum absolute atomic E-state index is 0.152. The number of ether oxygens (including phenoxy) is 2. The Hall–Kier alpha value is -2.67. The first-order chi connectivity index (χ1) is 12.5. The van der Waals surface area contributed by atoms with Crippen molar-refractivity contribution in [3.05, 3.63) is 71.8 Å². The Bertz CT molecular complexity index is 724. The minimum atomic E-state index is -1.45. The van der Waals surface area contributed by atoms with Crippen LogP contribution in [0.5, 0.6) is 5.75 Å². The molecule has 0 spiro atoms. The molecule has 6 heteroatoms. The number of rotatable bonds is 8. The number of phenolic OH excluding ortho intramolecular Hbond substituents is 1. The normalized spacial score (nSPS) is 11.7. The number of carbonyl (C=O) groups excluding carboxylic acids is 1. The monoisotopic (exact) mass is 357 g/mol. The number of methoxy groups -OCH3 is 2. The highest BCUT2D eigenvalue weighted by atomic mass is 16.8. The lowest BCUT2D eigenvalue weighted by Gasteiger charge is -2.38. The number of aromatic hydroxyl groups is 1. The van der Waals surface area contributed by atoms with Crippen molar-refractivity contribution in [1.82, 2.24) is 5.06 Å². The molecule has 0 atom stereocenters. The van der Waals surface area contributed by atoms with Crippen LogP contribution in [-0.2, 0) is 25.5 Å². The van der Waals surface area contributed by atoms with Crippen molar-refractivity contribution in [3.63, 3.8) is 0 Å². The highest BCUT2D eigenvalue weighted by molar-refractivity contribution is 5.91. The Morgan fingerprint density at radius 1 is 1.04 bits per heavy atom. The van der Waals surface area contributed by atoms with Gasteiger partial charge in [0.1, 0.15) is 5.75 Å². The van der Waals surface area contributed by atoms with Gasteiger partial charge in [-0.1, -0.05) is 42.5 Å². The summed E-state index contributed by atoms with van der Waals surface area (Å²) in [5.41, 5.74) is 1.68. The van der Waals surface area contributed by atoms with Crippen molar-refractivity contribution in [2.24, 2.45) is 0 Å². The fourth-order valence-electron chi connectivity index (χ4n) is 2.53. The Kier molecular flexibility index (Phi) is 6.91. The molecule has 0 aliphatic carbocycles. The van der Waals surface area contributed by atoms with Gasteiger partial charge in [-0.25, -0.2) is 0 Å². The third-order valence-corrected chi connectivity index (χ3v) is 3.91. The summed E-state index contributed by atoms with van der Waals surface area (Å²) < 4.78 is 11.0. The Labute approximate surface area is 153 Å². The maximum absolute atomic E-state index is 12.7. The summed E-state index contributed by atoms with van der Waals surface area (Å²) in [7, 11) is 4.24. The number of nitrogens with zero attached hydrogens (tertiary/aromatic N) is 1. The molecule has 1 N–H and O–H groups in total. The minimum Gasteiger partial charge on any atom is -0.508 e. The van der Waals surface area contributed by atoms with E-state index >= 15 is 0 Å². The molecular formula is C20H23NO5. The van der Waals surface area contributed by atoms with Crippen LogP contribution in [0, 0.1) is 0 Å². The summed E-state index contributed by atoms with van der Waals surface area (Å²) >= 11 is 0. The van der Waals surface area contributed by atoms with Gasteiger partial charge in [0.15, 0.2) is 0 Å². The fourth-order valence-corrected chi connectivity index (χ4v) is 2.53. The third kappa shape index (κ3) is 4.70. The molecule has 0 aliphatic heterocycles. The standard InChI is InChI=1S/C20H23NO5/c1-24-20(25-2,15-17-9-12-18(22)13-10-17)21(26-3)19(23)14-11-16-7-5-4-6-8-16/h4-14,22H,15H2,1-3H3. The smallest absolute Gasteiger partial charge is 0.281 e. The van der Waals surface area contributed by atoms with Crippen LogP contribution < -0.4 is 0 Å². The van der Waals surface area contributed by atoms with Gasteiger partial charge in [0.25, 0.3) is 11.8 Å². The highest BCUT2D eigenvalue weighted by Crippen LogP contribution is 2.25. The number of amides is 1. The lowest BCUT2D eigenvalue weighted by atomic mass is 10.1. The number of benzene rings is 2. The molecule has 1 amide bonds. The first-order valence-corrected chi connectivity index (χ1v) is 8.04. The summed E-state index contributed by atoms with van der Waals surface area (Å²) in [4.78, 5) is 17.9. The number of hydroxylamine groups is 2. The van der Waals surface area contributed by atoms with Crippen LogP contribution in [-0.4, -0.2) is 43.3 Å². The fraction of sp³-hybridized carbons (Fsp3) is 0.250. The van der Waals surface area contributed by atoms with Crippen LogP contribution in [0.1, 0.15) is 11.1 Å². The molecule has 0 bridgehead atoms. The van der Waals surface area contributed by atoms with Gasteiger partial charge in [0.05, 0.1) is 13.5 Å². The molecule has 0 heterocycles. The summed E-state index contributed by atoms with van der Waals surface area (Å²) in [6.45, 7) is 0. The van der Waals surface area contributed by atoms with E-state index in [1.165, 1.54) is 27.4 Å². The molecule has 138 valence electrons. The lowest BCUT2D eigenvalue weighted by molar-refractivity contribution is -0.367. The van der Waals surface area contributed by atoms with Crippen molar-refractivity contribution in [3.8, 4) is 5.75 Å². The number of hydrogen-bond acceptors (Lipinski definition) is 5. The first kappa shape index (κ1) is 19.7. The van der Waals surface area contributed by atoms with Gasteiger partial charge in [-0.05, 0) is 29.3 Å². The molecule has 2 aromatic rings. The molecule has 26 heavy (non-hydrogen) atoms. The second-order valence-electron chi connectivity index (χ2n) is 5.52. The van der Waals surface area contributed by atoms with Crippen LogP contribution >= 0.6 is 0 Å². The van der Waals surface area contributed by atoms with Crippen LogP contribution in [0.4, 0.5) is 0 Å². The number of hydrogen-bond donors (Lipinski definition) is 1. The van der Waals surface area contributed by atoms with Crippen molar-refractivity contribution >= 4 is 12.0 Å². The van der Waals surface area contributed by atoms with E-state index in [1.807, 2.05) is 30.3 Å². The van der Waals surface area contributed by atoms with Crippen LogP contribution in [0.25, 0.3) is 6.08 Å². The molecule has 0 radical (unpaired) electrons. The first-order valence-electron chi connectivity index (χ1n) is 8.04. The van der Waals surface area contributed by atoms with Gasteiger partial charge in [-0.15, -0.1) is 0 Å². The molecule has 0 aromatic heterocycles. The predicted molar refractivity (Wildman–Crippen MR) is 97.9 cm³/mol. The Morgan fingerprint density at radius 2 is 1.65 bits per heavy atom. The number of phenols is 1. The largest absolute Gasteiger partial charge is 0.508 e. The Balaban J connectivity index is 2.24. The summed E-state index contributed by atoms with van der Waals surface area (Å²) in [6.07, 6.45) is 3.28. The van der Waals surface area contributed by atoms with Crippen molar-refractivity contribution in [2.45, 2.75) is 12.3 Å². The molecular weight excluding hydrogens is 334 g/mol. The van der Waals surface area contributed by atoms with E-state index in [9.17, 15) is 9.90 Å². The number of carbonyl (C=O) groups is 1. The van der Waals surface area contributed by atoms with Gasteiger partial charge < -0.3 is 14.6 Å². The molecule has 0 aliphatic rings. The van der Waals surface area contributed by atoms with Gasteiger partial charge in [0.2, 0.25) is 0 Å². The summed E-state index contributed by atoms with van der Waals surface area (Å²) in [5, 5.41) is 10.5. The summed E-state index contributed by atoms with van der Waals surface area (Å²) in [6, 6.07) is 16.0. The van der Waals surface area contributed by atoms with E-state index < -0.39 is 11.8 Å². The van der Waals surface area contributed by atoms with Gasteiger partial charge in [0, 0.05) is 20.3 Å². The second-order valence-corrected chi connectivity index (χ2v) is 5.52. The van der Waals surface area contributed by atoms with Crippen LogP contribution in [0.3, 0.4) is 0 Å². The molecule has 6 nitrogen and oxygen atoms in total. The molecule has 0 saturated carbocycles. The van der Waals surface area contributed by atoms with E-state index in [0.29, 0.717) is 0 Å². The van der Waals surface area contributed by atoms with E-state index in [0.717, 1.165) is 16.2 Å². The average Bonchev–Trinajstić information content (AvgIpc) is 2.68. The van der Waals surface area contributed by atoms with E-state index in [4.69, 9.17) is 14.3 Å². The maximum atomic E-state index is 12.7. The van der Waals surface area contributed by atoms with E-state index in [1.54, 1.807) is 30.3 Å². The van der Waals surface area contributed by atoms with Gasteiger partial charge in [-0.2, -0.15) is 5.06 Å². The topological polar surface area (TPSA) is 68.2 Å². The molecule has 0 fully saturated rings. The molecule has 2 rings (SSSR count). The zero-order valence-corrected chi connectivity index (χ0v) is 15.1. The maximum Gasteiger partial charge on any atom is 0.281 e. The molecule has 0 unspecified atom stereocenters. The van der Waals surface area contributed by atoms with Gasteiger partial charge in [-0.3, -0.25) is 9.63 Å². The van der Waals surface area contributed by atoms with Crippen molar-refractivity contribution < 1.29 is 24.2 Å². The van der Waals surface area contributed by atoms with Crippen LogP contribution in [0.2, 0.25) is 0 Å². The van der Waals surface area contributed by atoms with Crippen molar-refractivity contribution in [2.75, 3.05) is 21.3 Å². The quantitative estimate of drug-likeness (QED) is 0.447. The average molecular weight is 357 g/mol. The Morgan fingerprint density at radius 3 is 2.19 bits per heavy atom. The van der Waals surface area contributed by atoms with E-state index in [2.05, 4.69) is 0 Å². The lowest BCUT2D eigenvalue weighted by Crippen LogP contribution is -2.55. The second kappa shape index (κ2) is 9.15. The van der Waals surface area contributed by atoms with Gasteiger partial charge >= 0.3 is 0 Å². The van der Waals surface area contributed by atoms with E-state index in [-0.39, 0.29) is 12.2 Å². The van der Waals surface area contributed by atoms with Crippen molar-refractivity contribution in [1.29, 1.82) is 0 Å². The predicted octanol–water partition coefficient (Wildman–Crippen LogP) is 2.98. The SMILES string of the molecule is CON(C(=O)C=Cc1ccccc1)C(Cc1ccc(O)cc1)(OC)OC. The highest BCUT2D eigenvalue weighted by Gasteiger charge is 2.41.